The smallest absolute Gasteiger partial charge is 0.129 e. The number of aromatic amines is 2. The average Bonchev–Trinajstić information content (AvgIpc) is 3.21. The van der Waals surface area contributed by atoms with Gasteiger partial charge in [0.15, 0.2) is 0 Å². The van der Waals surface area contributed by atoms with E-state index in [0.29, 0.717) is 0 Å². The molecular weight excluding hydrogens is 312 g/mol. The van der Waals surface area contributed by atoms with Crippen LogP contribution >= 0.6 is 0 Å². The van der Waals surface area contributed by atoms with Gasteiger partial charge in [-0.2, -0.15) is 0 Å². The maximum Gasteiger partial charge on any atom is 0.129 e. The van der Waals surface area contributed by atoms with E-state index in [1.807, 2.05) is 50.4 Å². The molecule has 0 aliphatic heterocycles. The van der Waals surface area contributed by atoms with Crippen LogP contribution in [0, 0.1) is 6.92 Å². The van der Waals surface area contributed by atoms with Gasteiger partial charge in [-0.05, 0) is 50.6 Å². The third-order valence-electron chi connectivity index (χ3n) is 4.42. The minimum Gasteiger partial charge on any atom is -0.491 e. The Bertz CT molecular complexity index is 1010. The summed E-state index contributed by atoms with van der Waals surface area (Å²) in [6, 6.07) is 11.6. The molecule has 2 aromatic heterocycles. The molecule has 0 amide bonds. The predicted octanol–water partition coefficient (Wildman–Crippen LogP) is 4.19. The van der Waals surface area contributed by atoms with Crippen molar-refractivity contribution in [2.45, 2.75) is 32.9 Å². The van der Waals surface area contributed by atoms with Gasteiger partial charge in [0.2, 0.25) is 0 Å². The largest absolute Gasteiger partial charge is 0.491 e. The van der Waals surface area contributed by atoms with Crippen LogP contribution in [-0.2, 0) is 0 Å². The van der Waals surface area contributed by atoms with Crippen LogP contribution in [0.3, 0.4) is 0 Å². The van der Waals surface area contributed by atoms with E-state index in [4.69, 9.17) is 10.5 Å². The van der Waals surface area contributed by atoms with Gasteiger partial charge in [0.05, 0.1) is 23.2 Å². The number of imidazole rings is 1. The van der Waals surface area contributed by atoms with E-state index in [9.17, 15) is 0 Å². The van der Waals surface area contributed by atoms with Crippen molar-refractivity contribution in [1.82, 2.24) is 15.0 Å². The number of nitrogens with zero attached hydrogens (tertiary/aromatic N) is 1. The second-order valence-electron chi connectivity index (χ2n) is 6.66. The lowest BCUT2D eigenvalue weighted by Crippen LogP contribution is -2.17. The molecule has 0 aliphatic carbocycles. The zero-order chi connectivity index (χ0) is 17.6. The van der Waals surface area contributed by atoms with Crippen molar-refractivity contribution >= 4 is 21.9 Å². The number of hydrogen-bond acceptors (Lipinski definition) is 3. The number of hydrogen-bond donors (Lipinski definition) is 3. The molecule has 0 bridgehead atoms. The van der Waals surface area contributed by atoms with Crippen molar-refractivity contribution in [3.05, 3.63) is 59.5 Å². The number of H-pyrrole nitrogens is 2. The quantitative estimate of drug-likeness (QED) is 0.523. The monoisotopic (exact) mass is 334 g/mol. The van der Waals surface area contributed by atoms with Crippen molar-refractivity contribution in [2.24, 2.45) is 5.73 Å². The second kappa shape index (κ2) is 5.93. The first-order valence-corrected chi connectivity index (χ1v) is 8.52. The number of aromatic nitrogens is 3. The van der Waals surface area contributed by atoms with E-state index in [1.165, 1.54) is 0 Å². The van der Waals surface area contributed by atoms with Crippen molar-refractivity contribution in [2.75, 3.05) is 0 Å². The van der Waals surface area contributed by atoms with E-state index in [2.05, 4.69) is 27.9 Å². The fourth-order valence-electron chi connectivity index (χ4n) is 3.33. The van der Waals surface area contributed by atoms with Crippen LogP contribution in [0.1, 0.15) is 36.8 Å². The molecule has 4 N–H and O–H groups in total. The normalized spacial score (nSPS) is 13.0. The molecule has 1 unspecified atom stereocenters. The topological polar surface area (TPSA) is 79.7 Å². The molecule has 0 fully saturated rings. The van der Waals surface area contributed by atoms with Crippen LogP contribution in [0.15, 0.2) is 42.6 Å². The Morgan fingerprint density at radius 2 is 1.96 bits per heavy atom. The third kappa shape index (κ3) is 2.66. The van der Waals surface area contributed by atoms with E-state index in [1.54, 1.807) is 0 Å². The molecule has 0 saturated carbocycles. The van der Waals surface area contributed by atoms with Gasteiger partial charge in [-0.1, -0.05) is 12.1 Å². The molecule has 1 atom stereocenters. The van der Waals surface area contributed by atoms with Gasteiger partial charge in [-0.15, -0.1) is 0 Å². The summed E-state index contributed by atoms with van der Waals surface area (Å²) in [6.45, 7) is 6.11. The van der Waals surface area contributed by atoms with E-state index in [-0.39, 0.29) is 6.10 Å². The standard InChI is InChI=1S/C20H22N4O/c1-11(2)25-16-10-12(3)19-13(8-9-22-19)17(16)18(21)20-23-14-6-4-5-7-15(14)24-20/h4-11,18,22H,21H2,1-3H3,(H,23,24). The highest BCUT2D eigenvalue weighted by atomic mass is 16.5. The first-order valence-electron chi connectivity index (χ1n) is 8.52. The number of ether oxygens (including phenoxy) is 1. The molecule has 0 spiro atoms. The van der Waals surface area contributed by atoms with Gasteiger partial charge >= 0.3 is 0 Å². The number of para-hydroxylation sites is 2. The Morgan fingerprint density at radius 3 is 2.72 bits per heavy atom. The molecule has 25 heavy (non-hydrogen) atoms. The Kier molecular flexibility index (Phi) is 3.73. The van der Waals surface area contributed by atoms with Gasteiger partial charge in [-0.3, -0.25) is 0 Å². The fraction of sp³-hybridized carbons (Fsp3) is 0.250. The van der Waals surface area contributed by atoms with Gasteiger partial charge in [0, 0.05) is 22.7 Å². The van der Waals surface area contributed by atoms with Crippen LogP contribution in [-0.4, -0.2) is 21.1 Å². The third-order valence-corrected chi connectivity index (χ3v) is 4.42. The summed E-state index contributed by atoms with van der Waals surface area (Å²) in [6.07, 6.45) is 2.00. The van der Waals surface area contributed by atoms with Crippen LogP contribution in [0.25, 0.3) is 21.9 Å². The van der Waals surface area contributed by atoms with Gasteiger partial charge in [0.1, 0.15) is 11.6 Å². The summed E-state index contributed by atoms with van der Waals surface area (Å²) in [7, 11) is 0. The predicted molar refractivity (Wildman–Crippen MR) is 101 cm³/mol. The fourth-order valence-corrected chi connectivity index (χ4v) is 3.33. The summed E-state index contributed by atoms with van der Waals surface area (Å²) >= 11 is 0. The van der Waals surface area contributed by atoms with Gasteiger partial charge in [0.25, 0.3) is 0 Å². The lowest BCUT2D eigenvalue weighted by atomic mass is 9.98. The number of rotatable bonds is 4. The van der Waals surface area contributed by atoms with Crippen LogP contribution < -0.4 is 10.5 Å². The summed E-state index contributed by atoms with van der Waals surface area (Å²) in [5.74, 6) is 1.55. The van der Waals surface area contributed by atoms with Crippen molar-refractivity contribution in [1.29, 1.82) is 0 Å². The Balaban J connectivity index is 1.91. The van der Waals surface area contributed by atoms with E-state index < -0.39 is 6.04 Å². The zero-order valence-corrected chi connectivity index (χ0v) is 14.6. The van der Waals surface area contributed by atoms with Gasteiger partial charge < -0.3 is 20.4 Å². The maximum atomic E-state index is 6.64. The number of nitrogens with one attached hydrogen (secondary N) is 2. The molecule has 4 rings (SSSR count). The Labute approximate surface area is 146 Å². The number of nitrogens with two attached hydrogens (primary N) is 1. The molecule has 128 valence electrons. The highest BCUT2D eigenvalue weighted by molar-refractivity contribution is 5.89. The summed E-state index contributed by atoms with van der Waals surface area (Å²) in [5.41, 5.74) is 11.7. The molecule has 0 saturated heterocycles. The highest BCUT2D eigenvalue weighted by Crippen LogP contribution is 2.37. The first-order chi connectivity index (χ1) is 12.0. The van der Waals surface area contributed by atoms with Crippen LogP contribution in [0.5, 0.6) is 5.75 Å². The molecule has 5 nitrogen and oxygen atoms in total. The molecule has 2 aromatic carbocycles. The lowest BCUT2D eigenvalue weighted by molar-refractivity contribution is 0.239. The zero-order valence-electron chi connectivity index (χ0n) is 14.6. The molecule has 0 aliphatic rings. The van der Waals surface area contributed by atoms with Crippen molar-refractivity contribution < 1.29 is 4.74 Å². The summed E-state index contributed by atoms with van der Waals surface area (Å²) < 4.78 is 6.08. The minimum atomic E-state index is -0.403. The SMILES string of the molecule is Cc1cc(OC(C)C)c(C(N)c2nc3ccccc3[nH]2)c2cc[nH]c12. The van der Waals surface area contributed by atoms with Crippen LogP contribution in [0.4, 0.5) is 0 Å². The molecule has 4 aromatic rings. The molecule has 0 radical (unpaired) electrons. The average molecular weight is 334 g/mol. The van der Waals surface area contributed by atoms with Crippen molar-refractivity contribution in [3.8, 4) is 5.75 Å². The van der Waals surface area contributed by atoms with Crippen LogP contribution in [0.2, 0.25) is 0 Å². The second-order valence-corrected chi connectivity index (χ2v) is 6.66. The van der Waals surface area contributed by atoms with Gasteiger partial charge in [-0.25, -0.2) is 4.98 Å². The first kappa shape index (κ1) is 15.7. The minimum absolute atomic E-state index is 0.0671. The molecular formula is C20H22N4O. The highest BCUT2D eigenvalue weighted by Gasteiger charge is 2.23. The van der Waals surface area contributed by atoms with Crippen molar-refractivity contribution in [3.63, 3.8) is 0 Å². The number of benzene rings is 2. The summed E-state index contributed by atoms with van der Waals surface area (Å²) in [5, 5.41) is 1.07. The van der Waals surface area contributed by atoms with E-state index in [0.717, 1.165) is 44.6 Å². The number of aryl methyl sites for hydroxylation is 1. The Morgan fingerprint density at radius 1 is 1.16 bits per heavy atom. The maximum absolute atomic E-state index is 6.64. The Hall–Kier alpha value is -2.79. The molecule has 5 heteroatoms. The summed E-state index contributed by atoms with van der Waals surface area (Å²) in [4.78, 5) is 11.3. The lowest BCUT2D eigenvalue weighted by Gasteiger charge is -2.20. The number of fused-ring (bicyclic) bond motifs is 2. The molecule has 2 heterocycles. The van der Waals surface area contributed by atoms with E-state index >= 15 is 0 Å².